The first kappa shape index (κ1) is 34.0. The van der Waals surface area contributed by atoms with E-state index in [0.717, 1.165) is 84.1 Å². The average molecular weight is 663 g/mol. The highest BCUT2D eigenvalue weighted by Crippen LogP contribution is 2.39. The van der Waals surface area contributed by atoms with Gasteiger partial charge in [0, 0.05) is 39.2 Å². The Morgan fingerprint density at radius 3 is 1.74 bits per heavy atom. The van der Waals surface area contributed by atoms with Crippen LogP contribution in [0.4, 0.5) is 11.4 Å². The second-order valence-corrected chi connectivity index (χ2v) is 13.0. The van der Waals surface area contributed by atoms with Crippen molar-refractivity contribution in [3.8, 4) is 22.6 Å². The third-order valence-electron chi connectivity index (χ3n) is 9.23. The van der Waals surface area contributed by atoms with Crippen LogP contribution >= 0.6 is 0 Å². The van der Waals surface area contributed by atoms with Gasteiger partial charge in [0.2, 0.25) is 0 Å². The summed E-state index contributed by atoms with van der Waals surface area (Å²) in [6.45, 7) is 10.4. The number of ether oxygens (including phenoxy) is 2. The van der Waals surface area contributed by atoms with Crippen LogP contribution in [0.2, 0.25) is 0 Å². The molecule has 0 bridgehead atoms. The lowest BCUT2D eigenvalue weighted by atomic mass is 9.93. The van der Waals surface area contributed by atoms with Gasteiger partial charge in [-0.2, -0.15) is 0 Å². The van der Waals surface area contributed by atoms with Crippen molar-refractivity contribution in [3.63, 3.8) is 0 Å². The fraction of sp³-hybridized carbons (Fsp3) is 0.182. The number of amides is 2. The van der Waals surface area contributed by atoms with Gasteiger partial charge >= 0.3 is 0 Å². The lowest BCUT2D eigenvalue weighted by Gasteiger charge is -2.15. The summed E-state index contributed by atoms with van der Waals surface area (Å²) in [6.07, 6.45) is 3.94. The van der Waals surface area contributed by atoms with Crippen LogP contribution < -0.4 is 20.1 Å². The van der Waals surface area contributed by atoms with Crippen LogP contribution in [0.3, 0.4) is 0 Å². The molecule has 5 aromatic carbocycles. The van der Waals surface area contributed by atoms with Gasteiger partial charge in [0.05, 0.1) is 14.2 Å². The molecule has 0 saturated carbocycles. The summed E-state index contributed by atoms with van der Waals surface area (Å²) >= 11 is 0. The van der Waals surface area contributed by atoms with Gasteiger partial charge < -0.3 is 20.1 Å². The first-order valence-corrected chi connectivity index (χ1v) is 16.8. The van der Waals surface area contributed by atoms with E-state index in [2.05, 4.69) is 48.7 Å². The highest BCUT2D eigenvalue weighted by atomic mass is 16.5. The highest BCUT2D eigenvalue weighted by molar-refractivity contribution is 6.36. The molecule has 2 N–H and O–H groups in total. The van der Waals surface area contributed by atoms with Crippen molar-refractivity contribution in [3.05, 3.63) is 142 Å². The maximum absolute atomic E-state index is 12.5. The summed E-state index contributed by atoms with van der Waals surface area (Å²) < 4.78 is 11.0. The summed E-state index contributed by atoms with van der Waals surface area (Å²) in [7, 11) is 3.37. The van der Waals surface area contributed by atoms with Gasteiger partial charge in [-0.05, 0) is 114 Å². The van der Waals surface area contributed by atoms with E-state index in [0.29, 0.717) is 11.5 Å². The Hall–Kier alpha value is -5.88. The molecule has 0 atom stereocenters. The number of carbonyl (C=O) groups is 2. The largest absolute Gasteiger partial charge is 0.496 e. The predicted molar refractivity (Wildman–Crippen MR) is 206 cm³/mol. The molecule has 2 heterocycles. The Morgan fingerprint density at radius 2 is 1.18 bits per heavy atom. The van der Waals surface area contributed by atoms with E-state index in [-0.39, 0.29) is 11.8 Å². The number of benzene rings is 5. The molecule has 2 aliphatic rings. The lowest BCUT2D eigenvalue weighted by molar-refractivity contribution is -0.111. The van der Waals surface area contributed by atoms with Crippen LogP contribution in [0.15, 0.2) is 97.1 Å². The van der Waals surface area contributed by atoms with Crippen LogP contribution in [0.25, 0.3) is 34.4 Å². The number of fused-ring (bicyclic) bond motifs is 2. The fourth-order valence-electron chi connectivity index (χ4n) is 6.62. The Morgan fingerprint density at radius 1 is 0.600 bits per heavy atom. The summed E-state index contributed by atoms with van der Waals surface area (Å²) in [5.74, 6) is 1.96. The number of aryl methyl sites for hydroxylation is 3. The van der Waals surface area contributed by atoms with Gasteiger partial charge in [-0.25, -0.2) is 0 Å². The van der Waals surface area contributed by atoms with Gasteiger partial charge in [-0.15, -0.1) is 0 Å². The Bertz CT molecular complexity index is 2180. The minimum atomic E-state index is -0.0635. The van der Waals surface area contributed by atoms with E-state index in [9.17, 15) is 9.59 Å². The molecule has 2 amide bonds. The summed E-state index contributed by atoms with van der Waals surface area (Å²) in [5.41, 5.74) is 13.7. The minimum Gasteiger partial charge on any atom is -0.496 e. The number of methoxy groups -OCH3 is 2. The van der Waals surface area contributed by atoms with Gasteiger partial charge in [0.15, 0.2) is 0 Å². The second kappa shape index (κ2) is 14.3. The number of carbonyl (C=O) groups excluding carboxylic acids is 2. The fourth-order valence-corrected chi connectivity index (χ4v) is 6.62. The summed E-state index contributed by atoms with van der Waals surface area (Å²) in [5, 5.41) is 5.90. The van der Waals surface area contributed by atoms with Crippen LogP contribution in [0.5, 0.6) is 11.5 Å². The lowest BCUT2D eigenvalue weighted by Crippen LogP contribution is -2.04. The van der Waals surface area contributed by atoms with Gasteiger partial charge in [-0.3, -0.25) is 9.59 Å². The SMILES string of the molecule is COc1cc(C)c(C=C2C(=O)Nc3cccc(C)c32)cc1C(C)C.COc1ccc(C=C2C(=O)Nc3cccc(C)c32)cc1-c1ccccc1. The van der Waals surface area contributed by atoms with Crippen molar-refractivity contribution in [2.75, 3.05) is 24.9 Å². The van der Waals surface area contributed by atoms with Crippen LogP contribution in [0.1, 0.15) is 64.3 Å². The van der Waals surface area contributed by atoms with Crippen LogP contribution in [-0.2, 0) is 9.59 Å². The number of nitrogens with one attached hydrogen (secondary N) is 2. The maximum Gasteiger partial charge on any atom is 0.256 e. The molecule has 252 valence electrons. The Balaban J connectivity index is 0.000000174. The monoisotopic (exact) mass is 662 g/mol. The van der Waals surface area contributed by atoms with E-state index in [1.54, 1.807) is 14.2 Å². The van der Waals surface area contributed by atoms with Crippen molar-refractivity contribution < 1.29 is 19.1 Å². The summed E-state index contributed by atoms with van der Waals surface area (Å²) in [4.78, 5) is 24.9. The molecule has 7 rings (SSSR count). The summed E-state index contributed by atoms with van der Waals surface area (Å²) in [6, 6.07) is 32.1. The third-order valence-corrected chi connectivity index (χ3v) is 9.23. The van der Waals surface area contributed by atoms with Crippen molar-refractivity contribution in [1.29, 1.82) is 0 Å². The molecule has 0 aromatic heterocycles. The number of anilines is 2. The van der Waals surface area contributed by atoms with Crippen molar-refractivity contribution in [2.24, 2.45) is 0 Å². The first-order chi connectivity index (χ1) is 24.1. The maximum atomic E-state index is 12.5. The van der Waals surface area contributed by atoms with Gasteiger partial charge in [0.25, 0.3) is 11.8 Å². The third kappa shape index (κ3) is 6.70. The molecule has 50 heavy (non-hydrogen) atoms. The van der Waals surface area contributed by atoms with E-state index in [1.807, 2.05) is 106 Å². The zero-order chi connectivity index (χ0) is 35.5. The van der Waals surface area contributed by atoms with Crippen molar-refractivity contribution in [1.82, 2.24) is 0 Å². The zero-order valence-corrected chi connectivity index (χ0v) is 29.6. The van der Waals surface area contributed by atoms with E-state index in [1.165, 1.54) is 0 Å². The first-order valence-electron chi connectivity index (χ1n) is 16.8. The van der Waals surface area contributed by atoms with Crippen molar-refractivity contribution in [2.45, 2.75) is 40.5 Å². The molecule has 2 aliphatic heterocycles. The van der Waals surface area contributed by atoms with E-state index < -0.39 is 0 Å². The predicted octanol–water partition coefficient (Wildman–Crippen LogP) is 10.1. The molecule has 0 spiro atoms. The average Bonchev–Trinajstić information content (AvgIpc) is 3.61. The molecular weight excluding hydrogens is 620 g/mol. The molecule has 0 radical (unpaired) electrons. The highest BCUT2D eigenvalue weighted by Gasteiger charge is 2.27. The standard InChI is InChI=1S/C23H19NO2.C21H23NO2/c1-15-7-6-10-20-22(15)19(23(25)24-20)14-16-11-12-21(26-2)18(13-16)17-8-4-3-5-9-17;1-12(2)16-10-15(14(4)9-19(16)24-5)11-17-20-13(3)7-6-8-18(20)22-21(17)23/h3-14H,1-2H3,(H,24,25);6-12H,1-5H3,(H,22,23). The van der Waals surface area contributed by atoms with Gasteiger partial charge in [0.1, 0.15) is 11.5 Å². The Kier molecular flexibility index (Phi) is 9.73. The number of hydrogen-bond acceptors (Lipinski definition) is 4. The van der Waals surface area contributed by atoms with Crippen LogP contribution in [0, 0.1) is 20.8 Å². The second-order valence-electron chi connectivity index (χ2n) is 13.0. The molecule has 0 fully saturated rings. The topological polar surface area (TPSA) is 76.7 Å². The smallest absolute Gasteiger partial charge is 0.256 e. The Labute approximate surface area is 294 Å². The molecule has 6 nitrogen and oxygen atoms in total. The molecule has 6 heteroatoms. The molecule has 0 aliphatic carbocycles. The molecule has 0 unspecified atom stereocenters. The molecular formula is C44H42N2O4. The quantitative estimate of drug-likeness (QED) is 0.178. The normalized spacial score (nSPS) is 14.6. The molecule has 5 aromatic rings. The zero-order valence-electron chi connectivity index (χ0n) is 29.6. The van der Waals surface area contributed by atoms with Crippen LogP contribution in [-0.4, -0.2) is 26.0 Å². The molecule has 0 saturated heterocycles. The number of hydrogen-bond donors (Lipinski definition) is 2. The van der Waals surface area contributed by atoms with Crippen molar-refractivity contribution >= 4 is 46.5 Å². The van der Waals surface area contributed by atoms with E-state index >= 15 is 0 Å². The van der Waals surface area contributed by atoms with Gasteiger partial charge in [-0.1, -0.05) is 74.5 Å². The number of rotatable bonds is 6. The van der Waals surface area contributed by atoms with E-state index in [4.69, 9.17) is 9.47 Å². The minimum absolute atomic E-state index is 0.0411.